The van der Waals surface area contributed by atoms with Crippen LogP contribution in [0.2, 0.25) is 0 Å². The van der Waals surface area contributed by atoms with Crippen molar-refractivity contribution in [2.24, 2.45) is 0 Å². The first kappa shape index (κ1) is 17.7. The quantitative estimate of drug-likeness (QED) is 0.732. The van der Waals surface area contributed by atoms with Crippen molar-refractivity contribution < 1.29 is 9.13 Å². The molecule has 134 valence electrons. The Labute approximate surface area is 151 Å². The van der Waals surface area contributed by atoms with Gasteiger partial charge in [0, 0.05) is 29.9 Å². The molecule has 0 bridgehead atoms. The summed E-state index contributed by atoms with van der Waals surface area (Å²) in [5, 5.41) is 11.2. The van der Waals surface area contributed by atoms with Gasteiger partial charge in [-0.1, -0.05) is 6.07 Å². The number of nitrogens with zero attached hydrogens (tertiary/aromatic N) is 4. The van der Waals surface area contributed by atoms with Gasteiger partial charge in [-0.05, 0) is 43.7 Å². The van der Waals surface area contributed by atoms with Gasteiger partial charge in [0.2, 0.25) is 5.95 Å². The van der Waals surface area contributed by atoms with Crippen molar-refractivity contribution in [3.8, 4) is 17.0 Å². The number of anilines is 1. The number of halogens is 1. The van der Waals surface area contributed by atoms with Gasteiger partial charge in [-0.15, -0.1) is 5.10 Å². The van der Waals surface area contributed by atoms with Crippen molar-refractivity contribution in [1.82, 2.24) is 20.2 Å². The molecule has 0 spiro atoms. The molecule has 0 unspecified atom stereocenters. The van der Waals surface area contributed by atoms with Gasteiger partial charge in [0.05, 0.1) is 19.0 Å². The number of hydrogen-bond donors (Lipinski definition) is 1. The number of aryl methyl sites for hydroxylation is 1. The number of pyridine rings is 1. The average Bonchev–Trinajstić information content (AvgIpc) is 2.64. The highest BCUT2D eigenvalue weighted by molar-refractivity contribution is 5.60. The number of ether oxygens (including phenoxy) is 1. The Morgan fingerprint density at radius 3 is 2.85 bits per heavy atom. The van der Waals surface area contributed by atoms with Gasteiger partial charge in [-0.2, -0.15) is 5.10 Å². The highest BCUT2D eigenvalue weighted by atomic mass is 19.1. The van der Waals surface area contributed by atoms with Crippen LogP contribution in [-0.4, -0.2) is 33.3 Å². The van der Waals surface area contributed by atoms with Gasteiger partial charge < -0.3 is 10.1 Å². The van der Waals surface area contributed by atoms with Gasteiger partial charge in [0.1, 0.15) is 0 Å². The number of benzene rings is 1. The third-order valence-corrected chi connectivity index (χ3v) is 4.00. The Morgan fingerprint density at radius 1 is 1.27 bits per heavy atom. The highest BCUT2D eigenvalue weighted by Gasteiger charge is 2.11. The molecule has 3 rings (SSSR count). The zero-order valence-electron chi connectivity index (χ0n) is 14.9. The molecule has 0 amide bonds. The van der Waals surface area contributed by atoms with Crippen LogP contribution in [0.3, 0.4) is 0 Å². The zero-order chi connectivity index (χ0) is 18.5. The molecule has 1 aromatic carbocycles. The summed E-state index contributed by atoms with van der Waals surface area (Å²) in [4.78, 5) is 8.83. The maximum absolute atomic E-state index is 13.9. The predicted octanol–water partition coefficient (Wildman–Crippen LogP) is 3.43. The van der Waals surface area contributed by atoms with E-state index in [2.05, 4.69) is 25.5 Å². The van der Waals surface area contributed by atoms with E-state index >= 15 is 0 Å². The Hall–Kier alpha value is -3.09. The Morgan fingerprint density at radius 2 is 2.12 bits per heavy atom. The number of nitrogens with one attached hydrogen (secondary N) is 1. The lowest BCUT2D eigenvalue weighted by Crippen LogP contribution is -2.21. The van der Waals surface area contributed by atoms with Crippen molar-refractivity contribution in [2.45, 2.75) is 26.3 Å². The highest BCUT2D eigenvalue weighted by Crippen LogP contribution is 2.24. The molecule has 0 saturated carbocycles. The van der Waals surface area contributed by atoms with Crippen LogP contribution in [0.25, 0.3) is 11.3 Å². The van der Waals surface area contributed by atoms with E-state index in [4.69, 9.17) is 4.74 Å². The maximum atomic E-state index is 13.9. The molecule has 7 heteroatoms. The lowest BCUT2D eigenvalue weighted by atomic mass is 10.1. The first-order valence-corrected chi connectivity index (χ1v) is 8.27. The van der Waals surface area contributed by atoms with E-state index in [-0.39, 0.29) is 11.8 Å². The largest absolute Gasteiger partial charge is 0.494 e. The Bertz CT molecular complexity index is 903. The summed E-state index contributed by atoms with van der Waals surface area (Å²) in [6, 6.07) is 8.68. The maximum Gasteiger partial charge on any atom is 0.243 e. The molecule has 0 fully saturated rings. The SMILES string of the molecule is COc1ccc(-c2cnnc(N[C@@H](C)Cc3ncccc3C)n2)cc1F. The number of methoxy groups -OCH3 is 1. The summed E-state index contributed by atoms with van der Waals surface area (Å²) in [5.41, 5.74) is 3.30. The van der Waals surface area contributed by atoms with Gasteiger partial charge in [0.25, 0.3) is 0 Å². The van der Waals surface area contributed by atoms with E-state index in [1.807, 2.05) is 26.0 Å². The minimum absolute atomic E-state index is 0.0632. The molecular weight excluding hydrogens is 333 g/mol. The number of hydrogen-bond acceptors (Lipinski definition) is 6. The van der Waals surface area contributed by atoms with Crippen molar-refractivity contribution >= 4 is 5.95 Å². The van der Waals surface area contributed by atoms with E-state index in [1.165, 1.54) is 19.4 Å². The van der Waals surface area contributed by atoms with Crippen LogP contribution >= 0.6 is 0 Å². The van der Waals surface area contributed by atoms with Crippen LogP contribution in [0.1, 0.15) is 18.2 Å². The molecule has 0 aliphatic heterocycles. The third-order valence-electron chi connectivity index (χ3n) is 4.00. The van der Waals surface area contributed by atoms with Crippen LogP contribution < -0.4 is 10.1 Å². The third kappa shape index (κ3) is 4.11. The van der Waals surface area contributed by atoms with Crippen LogP contribution in [0.4, 0.5) is 10.3 Å². The van der Waals surface area contributed by atoms with Crippen molar-refractivity contribution in [3.05, 3.63) is 59.8 Å². The van der Waals surface area contributed by atoms with Gasteiger partial charge >= 0.3 is 0 Å². The fraction of sp³-hybridized carbons (Fsp3) is 0.263. The van der Waals surface area contributed by atoms with Crippen LogP contribution in [-0.2, 0) is 6.42 Å². The van der Waals surface area contributed by atoms with Gasteiger partial charge in [-0.3, -0.25) is 4.98 Å². The second-order valence-electron chi connectivity index (χ2n) is 6.03. The smallest absolute Gasteiger partial charge is 0.243 e. The minimum atomic E-state index is -0.447. The van der Waals surface area contributed by atoms with Gasteiger partial charge in [-0.25, -0.2) is 9.37 Å². The molecule has 6 nitrogen and oxygen atoms in total. The lowest BCUT2D eigenvalue weighted by molar-refractivity contribution is 0.386. The van der Waals surface area contributed by atoms with E-state index in [9.17, 15) is 4.39 Å². The normalized spacial score (nSPS) is 11.8. The summed E-state index contributed by atoms with van der Waals surface area (Å²) >= 11 is 0. The van der Waals surface area contributed by atoms with Crippen molar-refractivity contribution in [3.63, 3.8) is 0 Å². The van der Waals surface area contributed by atoms with E-state index in [0.717, 1.165) is 17.7 Å². The molecule has 0 saturated heterocycles. The fourth-order valence-corrected chi connectivity index (χ4v) is 2.62. The van der Waals surface area contributed by atoms with Crippen LogP contribution in [0.5, 0.6) is 5.75 Å². The summed E-state index contributed by atoms with van der Waals surface area (Å²) in [7, 11) is 1.43. The molecule has 2 heterocycles. The molecule has 2 aromatic heterocycles. The molecule has 1 N–H and O–H groups in total. The summed E-state index contributed by atoms with van der Waals surface area (Å²) in [6.45, 7) is 4.06. The second kappa shape index (κ2) is 7.86. The lowest BCUT2D eigenvalue weighted by Gasteiger charge is -2.14. The zero-order valence-corrected chi connectivity index (χ0v) is 14.9. The fourth-order valence-electron chi connectivity index (χ4n) is 2.62. The van der Waals surface area contributed by atoms with Crippen LogP contribution in [0.15, 0.2) is 42.7 Å². The first-order chi connectivity index (χ1) is 12.6. The summed E-state index contributed by atoms with van der Waals surface area (Å²) in [5.74, 6) is 0.130. The monoisotopic (exact) mass is 353 g/mol. The number of aromatic nitrogens is 4. The molecule has 26 heavy (non-hydrogen) atoms. The van der Waals surface area contributed by atoms with Gasteiger partial charge in [0.15, 0.2) is 11.6 Å². The van der Waals surface area contributed by atoms with Crippen molar-refractivity contribution in [2.75, 3.05) is 12.4 Å². The predicted molar refractivity (Wildman–Crippen MR) is 97.5 cm³/mol. The minimum Gasteiger partial charge on any atom is -0.494 e. The Kier molecular flexibility index (Phi) is 5.36. The second-order valence-corrected chi connectivity index (χ2v) is 6.03. The Balaban J connectivity index is 1.75. The molecular formula is C19H20FN5O. The molecule has 1 atom stereocenters. The summed E-state index contributed by atoms with van der Waals surface area (Å²) in [6.07, 6.45) is 4.02. The topological polar surface area (TPSA) is 72.8 Å². The molecule has 0 radical (unpaired) electrons. The van der Waals surface area contributed by atoms with Crippen molar-refractivity contribution in [1.29, 1.82) is 0 Å². The van der Waals surface area contributed by atoms with E-state index in [1.54, 1.807) is 18.3 Å². The van der Waals surface area contributed by atoms with Crippen LogP contribution in [0, 0.1) is 12.7 Å². The standard InChI is InChI=1S/C19H20FN5O/c1-12-5-4-8-21-16(12)9-13(2)23-19-24-17(11-22-25-19)14-6-7-18(26-3)15(20)10-14/h4-8,10-11,13H,9H2,1-3H3,(H,23,24,25)/t13-/m0/s1. The van der Waals surface area contributed by atoms with E-state index < -0.39 is 5.82 Å². The summed E-state index contributed by atoms with van der Waals surface area (Å²) < 4.78 is 18.9. The molecule has 3 aromatic rings. The number of rotatable bonds is 6. The van der Waals surface area contributed by atoms with E-state index in [0.29, 0.717) is 17.2 Å². The first-order valence-electron chi connectivity index (χ1n) is 8.27. The average molecular weight is 353 g/mol. The molecule has 0 aliphatic carbocycles. The molecule has 0 aliphatic rings.